The Kier molecular flexibility index (Phi) is 6.70. The van der Waals surface area contributed by atoms with Crippen LogP contribution in [-0.2, 0) is 4.79 Å². The van der Waals surface area contributed by atoms with Gasteiger partial charge in [0.05, 0.1) is 18.8 Å². The van der Waals surface area contributed by atoms with Crippen molar-refractivity contribution in [1.82, 2.24) is 4.90 Å². The second-order valence-electron chi connectivity index (χ2n) is 8.61. The van der Waals surface area contributed by atoms with Crippen LogP contribution in [0.1, 0.15) is 46.0 Å². The summed E-state index contributed by atoms with van der Waals surface area (Å²) in [5.41, 5.74) is -0.867. The van der Waals surface area contributed by atoms with Crippen LogP contribution < -0.4 is 0 Å². The van der Waals surface area contributed by atoms with E-state index in [1.54, 1.807) is 17.1 Å². The molecule has 2 aliphatic carbocycles. The lowest BCUT2D eigenvalue weighted by atomic mass is 9.46. The third kappa shape index (κ3) is 3.62. The molecule has 0 spiro atoms. The number of hydrogen-bond donors (Lipinski definition) is 3. The van der Waals surface area contributed by atoms with Crippen molar-refractivity contribution in [3.63, 3.8) is 0 Å². The van der Waals surface area contributed by atoms with E-state index in [0.717, 1.165) is 12.8 Å². The van der Waals surface area contributed by atoms with E-state index in [-0.39, 0.29) is 36.2 Å². The summed E-state index contributed by atoms with van der Waals surface area (Å²) < 4.78 is 0. The Morgan fingerprint density at radius 1 is 1.15 bits per heavy atom. The highest BCUT2D eigenvalue weighted by Crippen LogP contribution is 2.60. The number of nitrogens with zero attached hydrogens (tertiary/aromatic N) is 1. The van der Waals surface area contributed by atoms with Crippen LogP contribution in [0.2, 0.25) is 0 Å². The second kappa shape index (κ2) is 8.24. The van der Waals surface area contributed by atoms with E-state index in [9.17, 15) is 20.1 Å². The standard InChI is InChI=1S/C21H35NO4/c1-5-11-22(12-6-2)19(26)13-15-16(24)7-8-17-20(15,3)10-9-18(25)21(17,4)14-23/h5-6,15-18,23-25H,1-2,7-14H2,3-4H3/t15-,16-,17?,18-,20+,21+/m1/s1. The van der Waals surface area contributed by atoms with E-state index in [0.29, 0.717) is 25.9 Å². The third-order valence-corrected chi connectivity index (χ3v) is 7.16. The van der Waals surface area contributed by atoms with E-state index in [1.165, 1.54) is 0 Å². The quantitative estimate of drug-likeness (QED) is 0.604. The Morgan fingerprint density at radius 2 is 1.77 bits per heavy atom. The summed E-state index contributed by atoms with van der Waals surface area (Å²) in [4.78, 5) is 14.6. The molecule has 0 radical (unpaired) electrons. The molecule has 5 heteroatoms. The summed E-state index contributed by atoms with van der Waals surface area (Å²) >= 11 is 0. The molecule has 0 heterocycles. The molecule has 2 rings (SSSR count). The molecule has 0 saturated heterocycles. The van der Waals surface area contributed by atoms with Crippen molar-refractivity contribution in [2.75, 3.05) is 19.7 Å². The van der Waals surface area contributed by atoms with Gasteiger partial charge in [-0.1, -0.05) is 26.0 Å². The zero-order chi connectivity index (χ0) is 19.5. The molecule has 6 atom stereocenters. The molecule has 2 saturated carbocycles. The third-order valence-electron chi connectivity index (χ3n) is 7.16. The van der Waals surface area contributed by atoms with Gasteiger partial charge in [-0.3, -0.25) is 4.79 Å². The molecule has 26 heavy (non-hydrogen) atoms. The fraction of sp³-hybridized carbons (Fsp3) is 0.762. The first-order chi connectivity index (χ1) is 12.2. The highest BCUT2D eigenvalue weighted by molar-refractivity contribution is 5.77. The van der Waals surface area contributed by atoms with Crippen LogP contribution in [0.4, 0.5) is 0 Å². The van der Waals surface area contributed by atoms with Crippen LogP contribution in [0.3, 0.4) is 0 Å². The van der Waals surface area contributed by atoms with E-state index < -0.39 is 17.6 Å². The van der Waals surface area contributed by atoms with E-state index in [4.69, 9.17) is 0 Å². The fourth-order valence-corrected chi connectivity index (χ4v) is 5.51. The van der Waals surface area contributed by atoms with Gasteiger partial charge in [0.2, 0.25) is 5.91 Å². The number of aliphatic hydroxyl groups excluding tert-OH is 3. The van der Waals surface area contributed by atoms with Crippen molar-refractivity contribution in [2.24, 2.45) is 22.7 Å². The van der Waals surface area contributed by atoms with Crippen molar-refractivity contribution in [2.45, 2.75) is 58.2 Å². The van der Waals surface area contributed by atoms with Gasteiger partial charge in [0.15, 0.2) is 0 Å². The van der Waals surface area contributed by atoms with E-state index in [2.05, 4.69) is 20.1 Å². The molecule has 1 unspecified atom stereocenters. The van der Waals surface area contributed by atoms with E-state index >= 15 is 0 Å². The highest BCUT2D eigenvalue weighted by atomic mass is 16.3. The zero-order valence-corrected chi connectivity index (χ0v) is 16.2. The molecular weight excluding hydrogens is 330 g/mol. The lowest BCUT2D eigenvalue weighted by Crippen LogP contribution is -2.60. The molecule has 0 aromatic carbocycles. The van der Waals surface area contributed by atoms with Gasteiger partial charge in [-0.05, 0) is 42.9 Å². The Morgan fingerprint density at radius 3 is 2.31 bits per heavy atom. The minimum atomic E-state index is -0.587. The van der Waals surface area contributed by atoms with Gasteiger partial charge >= 0.3 is 0 Å². The van der Waals surface area contributed by atoms with Gasteiger partial charge in [-0.25, -0.2) is 0 Å². The maximum absolute atomic E-state index is 12.9. The first-order valence-electron chi connectivity index (χ1n) is 9.71. The Balaban J connectivity index is 2.27. The number of hydrogen-bond acceptors (Lipinski definition) is 4. The SMILES string of the molecule is C=CCN(CC=C)C(=O)C[C@@H]1[C@H](O)CCC2[C@](C)(CO)[C@H](O)CC[C@]21C. The summed E-state index contributed by atoms with van der Waals surface area (Å²) in [5, 5.41) is 31.3. The average molecular weight is 366 g/mol. The smallest absolute Gasteiger partial charge is 0.223 e. The van der Waals surface area contributed by atoms with E-state index in [1.807, 2.05) is 6.92 Å². The zero-order valence-electron chi connectivity index (χ0n) is 16.2. The molecule has 148 valence electrons. The second-order valence-corrected chi connectivity index (χ2v) is 8.61. The van der Waals surface area contributed by atoms with Gasteiger partial charge in [0.1, 0.15) is 0 Å². The van der Waals surface area contributed by atoms with Crippen LogP contribution in [-0.4, -0.2) is 58.0 Å². The number of fused-ring (bicyclic) bond motifs is 1. The van der Waals surface area contributed by atoms with Crippen molar-refractivity contribution in [3.8, 4) is 0 Å². The number of carbonyl (C=O) groups excluding carboxylic acids is 1. The van der Waals surface area contributed by atoms with Crippen molar-refractivity contribution >= 4 is 5.91 Å². The molecule has 2 fully saturated rings. The minimum Gasteiger partial charge on any atom is -0.396 e. The highest BCUT2D eigenvalue weighted by Gasteiger charge is 2.59. The molecule has 0 aromatic heterocycles. The first-order valence-corrected chi connectivity index (χ1v) is 9.71. The predicted molar refractivity (Wildman–Crippen MR) is 102 cm³/mol. The molecule has 3 N–H and O–H groups in total. The summed E-state index contributed by atoms with van der Waals surface area (Å²) in [6.45, 7) is 12.3. The van der Waals surface area contributed by atoms with Gasteiger partial charge in [-0.15, -0.1) is 13.2 Å². The average Bonchev–Trinajstić information content (AvgIpc) is 2.61. The Labute approximate surface area is 157 Å². The molecule has 1 amide bonds. The lowest BCUT2D eigenvalue weighted by Gasteiger charge is -2.60. The van der Waals surface area contributed by atoms with Crippen molar-refractivity contribution in [1.29, 1.82) is 0 Å². The maximum atomic E-state index is 12.9. The normalized spacial score (nSPS) is 39.7. The minimum absolute atomic E-state index is 0.00690. The maximum Gasteiger partial charge on any atom is 0.223 e. The predicted octanol–water partition coefficient (Wildman–Crippen LogP) is 2.12. The van der Waals surface area contributed by atoms with Gasteiger partial charge < -0.3 is 20.2 Å². The molecule has 0 aromatic rings. The monoisotopic (exact) mass is 365 g/mol. The van der Waals surface area contributed by atoms with Gasteiger partial charge in [-0.2, -0.15) is 0 Å². The summed E-state index contributed by atoms with van der Waals surface area (Å²) in [7, 11) is 0. The molecule has 0 bridgehead atoms. The van der Waals surface area contributed by atoms with Gasteiger partial charge in [0.25, 0.3) is 0 Å². The summed E-state index contributed by atoms with van der Waals surface area (Å²) in [6, 6.07) is 0. The Bertz CT molecular complexity index is 526. The van der Waals surface area contributed by atoms with Crippen LogP contribution in [0.25, 0.3) is 0 Å². The number of amides is 1. The fourth-order valence-electron chi connectivity index (χ4n) is 5.51. The lowest BCUT2D eigenvalue weighted by molar-refractivity contribution is -0.187. The Hall–Kier alpha value is -1.17. The number of aliphatic hydroxyl groups is 3. The van der Waals surface area contributed by atoms with Crippen LogP contribution >= 0.6 is 0 Å². The number of carbonyl (C=O) groups is 1. The molecule has 0 aliphatic heterocycles. The molecule has 5 nitrogen and oxygen atoms in total. The summed E-state index contributed by atoms with van der Waals surface area (Å²) in [6.07, 6.45) is 5.29. The van der Waals surface area contributed by atoms with Crippen LogP contribution in [0.5, 0.6) is 0 Å². The largest absolute Gasteiger partial charge is 0.396 e. The molecular formula is C21H35NO4. The summed E-state index contributed by atoms with van der Waals surface area (Å²) in [5.74, 6) is -0.103. The van der Waals surface area contributed by atoms with Crippen LogP contribution in [0.15, 0.2) is 25.3 Å². The number of rotatable bonds is 7. The molecule has 2 aliphatic rings. The van der Waals surface area contributed by atoms with Gasteiger partial charge in [0, 0.05) is 24.9 Å². The van der Waals surface area contributed by atoms with Crippen LogP contribution in [0, 0.1) is 22.7 Å². The first kappa shape index (κ1) is 21.1. The topological polar surface area (TPSA) is 81.0 Å². The van der Waals surface area contributed by atoms with Crippen molar-refractivity contribution < 1.29 is 20.1 Å². The van der Waals surface area contributed by atoms with Crippen molar-refractivity contribution in [3.05, 3.63) is 25.3 Å².